The van der Waals surface area contributed by atoms with E-state index >= 15 is 0 Å². The van der Waals surface area contributed by atoms with Gasteiger partial charge in [-0.25, -0.2) is 19.6 Å². The van der Waals surface area contributed by atoms with E-state index in [2.05, 4.69) is 27.4 Å². The van der Waals surface area contributed by atoms with Gasteiger partial charge in [0.1, 0.15) is 17.5 Å². The van der Waals surface area contributed by atoms with E-state index in [4.69, 9.17) is 14.9 Å². The first-order valence-corrected chi connectivity index (χ1v) is 11.5. The summed E-state index contributed by atoms with van der Waals surface area (Å²) in [5.74, 6) is -1.75. The second kappa shape index (κ2) is 11.3. The van der Waals surface area contributed by atoms with E-state index < -0.39 is 23.6 Å². The Morgan fingerprint density at radius 1 is 1.00 bits per heavy atom. The number of aliphatic hydroxyl groups is 1. The Kier molecular flexibility index (Phi) is 8.39. The van der Waals surface area contributed by atoms with Gasteiger partial charge in [-0.2, -0.15) is 0 Å². The Balaban J connectivity index is 0.000000392. The van der Waals surface area contributed by atoms with E-state index in [0.717, 1.165) is 46.7 Å². The van der Waals surface area contributed by atoms with Crippen molar-refractivity contribution in [2.45, 2.75) is 51.9 Å². The molecule has 0 amide bonds. The number of nitrogens with one attached hydrogen (secondary N) is 1. The molecule has 2 aromatic carbocycles. The highest BCUT2D eigenvalue weighted by Crippen LogP contribution is 2.41. The normalized spacial score (nSPS) is 18.1. The molecule has 0 spiro atoms. The number of fused-ring (bicyclic) bond motifs is 2. The molecule has 4 N–H and O–H groups in total. The Bertz CT molecular complexity index is 1260. The molecule has 9 nitrogen and oxygen atoms in total. The predicted octanol–water partition coefficient (Wildman–Crippen LogP) is 3.36. The molecular formula is C27H31N3O6. The van der Waals surface area contributed by atoms with E-state index in [1.54, 1.807) is 0 Å². The Hall–Kier alpha value is -3.82. The fourth-order valence-electron chi connectivity index (χ4n) is 3.90. The summed E-state index contributed by atoms with van der Waals surface area (Å²) in [4.78, 5) is 28.4. The van der Waals surface area contributed by atoms with Crippen LogP contribution >= 0.6 is 0 Å². The minimum atomic E-state index is -1.26. The third kappa shape index (κ3) is 6.65. The lowest BCUT2D eigenvalue weighted by molar-refractivity contribution is -0.134. The van der Waals surface area contributed by atoms with Gasteiger partial charge in [-0.05, 0) is 52.3 Å². The van der Waals surface area contributed by atoms with Crippen LogP contribution in [0.4, 0.5) is 0 Å². The van der Waals surface area contributed by atoms with Crippen molar-refractivity contribution >= 4 is 23.0 Å². The van der Waals surface area contributed by atoms with Crippen LogP contribution in [0, 0.1) is 13.8 Å². The Labute approximate surface area is 209 Å². The van der Waals surface area contributed by atoms with Crippen LogP contribution in [0.3, 0.4) is 0 Å². The Morgan fingerprint density at radius 2 is 1.56 bits per heavy atom. The van der Waals surface area contributed by atoms with E-state index in [1.807, 2.05) is 58.0 Å². The first-order chi connectivity index (χ1) is 17.0. The number of carbonyl (C=O) groups is 2. The van der Waals surface area contributed by atoms with Crippen molar-refractivity contribution in [1.29, 1.82) is 0 Å². The fraction of sp³-hybridized carbons (Fsp3) is 0.333. The van der Waals surface area contributed by atoms with Crippen LogP contribution in [0.2, 0.25) is 0 Å². The zero-order valence-corrected chi connectivity index (χ0v) is 20.7. The number of aliphatic carboxylic acids is 2. The minimum Gasteiger partial charge on any atom is -0.485 e. The van der Waals surface area contributed by atoms with Crippen LogP contribution in [0.5, 0.6) is 5.75 Å². The molecule has 1 aromatic heterocycles. The highest BCUT2D eigenvalue weighted by molar-refractivity contribution is 5.89. The number of aryl methyl sites for hydroxylation is 2. The number of carboxylic acid groups (broad SMARTS) is 2. The standard InChI is InChI=1S/C23H27N3O2.C4H4O4/c1-14-15(2)26-19-13-20-17(12-18(19)25-14)21(22(27)23(3,4)28-20)24-11-10-16-8-6-5-7-9-16;5-3(6)1-2-4(7)8/h5-9,12-13,21-22,24,27H,10-11H2,1-4H3;1-2H,(H,5,6)(H,7,8)/b;2-1-. The van der Waals surface area contributed by atoms with Crippen LogP contribution in [0.15, 0.2) is 54.6 Å². The zero-order valence-electron chi connectivity index (χ0n) is 20.7. The lowest BCUT2D eigenvalue weighted by atomic mass is 9.86. The predicted molar refractivity (Wildman–Crippen MR) is 135 cm³/mol. The van der Waals surface area contributed by atoms with Crippen molar-refractivity contribution in [3.63, 3.8) is 0 Å². The second-order valence-electron chi connectivity index (χ2n) is 9.10. The lowest BCUT2D eigenvalue weighted by Gasteiger charge is -2.42. The Morgan fingerprint density at radius 3 is 2.11 bits per heavy atom. The average Bonchev–Trinajstić information content (AvgIpc) is 2.81. The summed E-state index contributed by atoms with van der Waals surface area (Å²) >= 11 is 0. The number of aliphatic hydroxyl groups excluding tert-OH is 1. The number of hydrogen-bond acceptors (Lipinski definition) is 7. The molecule has 2 atom stereocenters. The summed E-state index contributed by atoms with van der Waals surface area (Å²) in [6.45, 7) is 8.53. The van der Waals surface area contributed by atoms with Crippen molar-refractivity contribution in [3.8, 4) is 5.75 Å². The van der Waals surface area contributed by atoms with Crippen LogP contribution in [0.1, 0.15) is 42.4 Å². The second-order valence-corrected chi connectivity index (χ2v) is 9.10. The van der Waals surface area contributed by atoms with Gasteiger partial charge in [-0.1, -0.05) is 30.3 Å². The lowest BCUT2D eigenvalue weighted by Crippen LogP contribution is -2.52. The van der Waals surface area contributed by atoms with E-state index in [0.29, 0.717) is 12.2 Å². The monoisotopic (exact) mass is 493 g/mol. The summed E-state index contributed by atoms with van der Waals surface area (Å²) in [6, 6.07) is 14.1. The topological polar surface area (TPSA) is 142 Å². The zero-order chi connectivity index (χ0) is 26.5. The third-order valence-corrected chi connectivity index (χ3v) is 5.93. The highest BCUT2D eigenvalue weighted by Gasteiger charge is 2.43. The number of nitrogens with zero attached hydrogens (tertiary/aromatic N) is 2. The molecule has 3 aromatic rings. The third-order valence-electron chi connectivity index (χ3n) is 5.93. The summed E-state index contributed by atoms with van der Waals surface area (Å²) < 4.78 is 6.15. The largest absolute Gasteiger partial charge is 0.485 e. The number of ether oxygens (including phenoxy) is 1. The molecule has 190 valence electrons. The van der Waals surface area contributed by atoms with Gasteiger partial charge < -0.3 is 25.4 Å². The van der Waals surface area contributed by atoms with Gasteiger partial charge in [0, 0.05) is 23.8 Å². The average molecular weight is 494 g/mol. The van der Waals surface area contributed by atoms with Gasteiger partial charge in [-0.15, -0.1) is 0 Å². The van der Waals surface area contributed by atoms with Crippen molar-refractivity contribution in [2.24, 2.45) is 0 Å². The van der Waals surface area contributed by atoms with E-state index in [9.17, 15) is 14.7 Å². The van der Waals surface area contributed by atoms with Crippen LogP contribution in [-0.2, 0) is 16.0 Å². The van der Waals surface area contributed by atoms with E-state index in [1.165, 1.54) is 5.56 Å². The first kappa shape index (κ1) is 26.8. The molecule has 0 radical (unpaired) electrons. The number of rotatable bonds is 6. The molecule has 36 heavy (non-hydrogen) atoms. The van der Waals surface area contributed by atoms with Gasteiger partial charge in [0.2, 0.25) is 0 Å². The minimum absolute atomic E-state index is 0.227. The smallest absolute Gasteiger partial charge is 0.328 e. The maximum atomic E-state index is 11.0. The maximum Gasteiger partial charge on any atom is 0.328 e. The van der Waals surface area contributed by atoms with Crippen molar-refractivity contribution in [3.05, 3.63) is 77.1 Å². The van der Waals surface area contributed by atoms with Crippen LogP contribution in [0.25, 0.3) is 11.0 Å². The number of carboxylic acids is 2. The van der Waals surface area contributed by atoms with Crippen LogP contribution < -0.4 is 10.1 Å². The van der Waals surface area contributed by atoms with Gasteiger partial charge >= 0.3 is 11.9 Å². The molecular weight excluding hydrogens is 462 g/mol. The molecule has 1 aliphatic rings. The molecule has 0 bridgehead atoms. The molecule has 1 aliphatic heterocycles. The summed E-state index contributed by atoms with van der Waals surface area (Å²) in [6.07, 6.45) is 1.34. The molecule has 9 heteroatoms. The quantitative estimate of drug-likeness (QED) is 0.380. The van der Waals surface area contributed by atoms with Crippen molar-refractivity contribution < 1.29 is 29.6 Å². The molecule has 4 rings (SSSR count). The van der Waals surface area contributed by atoms with Crippen molar-refractivity contribution in [2.75, 3.05) is 6.54 Å². The maximum absolute atomic E-state index is 11.0. The van der Waals surface area contributed by atoms with E-state index in [-0.39, 0.29) is 6.04 Å². The molecule has 0 aliphatic carbocycles. The summed E-state index contributed by atoms with van der Waals surface area (Å²) in [7, 11) is 0. The fourth-order valence-corrected chi connectivity index (χ4v) is 3.90. The van der Waals surface area contributed by atoms with Crippen LogP contribution in [-0.4, -0.2) is 55.5 Å². The number of aromatic nitrogens is 2. The molecule has 2 unspecified atom stereocenters. The van der Waals surface area contributed by atoms with Crippen molar-refractivity contribution in [1.82, 2.24) is 15.3 Å². The SMILES string of the molecule is Cc1nc2cc3c(cc2nc1C)C(NCCc1ccccc1)C(O)C(C)(C)O3.O=C(O)/C=C\C(=O)O. The summed E-state index contributed by atoms with van der Waals surface area (Å²) in [5.41, 5.74) is 4.98. The molecule has 0 saturated heterocycles. The van der Waals surface area contributed by atoms with Gasteiger partial charge in [0.05, 0.1) is 28.5 Å². The van der Waals surface area contributed by atoms with Gasteiger partial charge in [0.25, 0.3) is 0 Å². The first-order valence-electron chi connectivity index (χ1n) is 11.5. The molecule has 2 heterocycles. The highest BCUT2D eigenvalue weighted by atomic mass is 16.5. The number of hydrogen-bond donors (Lipinski definition) is 4. The molecule has 0 saturated carbocycles. The summed E-state index contributed by atoms with van der Waals surface area (Å²) in [5, 5.41) is 30.2. The van der Waals surface area contributed by atoms with Gasteiger partial charge in [0.15, 0.2) is 0 Å². The van der Waals surface area contributed by atoms with Gasteiger partial charge in [-0.3, -0.25) is 0 Å². The number of benzene rings is 2. The molecule has 0 fully saturated rings.